The summed E-state index contributed by atoms with van der Waals surface area (Å²) in [4.78, 5) is 11.0. The van der Waals surface area contributed by atoms with Crippen molar-refractivity contribution in [3.8, 4) is 5.88 Å². The number of aryl methyl sites for hydroxylation is 2. The van der Waals surface area contributed by atoms with E-state index >= 15 is 0 Å². The van der Waals surface area contributed by atoms with E-state index in [-0.39, 0.29) is 11.6 Å². The fraction of sp³-hybridized carbons (Fsp3) is 0.500. The van der Waals surface area contributed by atoms with Crippen LogP contribution in [-0.2, 0) is 7.05 Å². The third-order valence-electron chi connectivity index (χ3n) is 1.85. The zero-order valence-corrected chi connectivity index (χ0v) is 8.34. The minimum atomic E-state index is -4.92. The monoisotopic (exact) mass is 222 g/mol. The molecule has 1 rings (SSSR count). The minimum absolute atomic E-state index is 0.00308. The zero-order chi connectivity index (χ0) is 11.8. The number of nitrogens with zero attached hydrogens (tertiary/aromatic N) is 2. The number of ether oxygens (including phenoxy) is 1. The number of halogens is 3. The molecule has 0 aliphatic rings. The molecule has 0 bridgehead atoms. The first-order valence-electron chi connectivity index (χ1n) is 3.98. The number of rotatable bonds is 2. The highest BCUT2D eigenvalue weighted by molar-refractivity contribution is 6.03. The number of methoxy groups -OCH3 is 1. The van der Waals surface area contributed by atoms with Crippen molar-refractivity contribution in [2.45, 2.75) is 13.1 Å². The number of carbonyl (C=O) groups excluding carboxylic acids is 1. The average molecular weight is 222 g/mol. The Bertz CT molecular complexity index is 395. The summed E-state index contributed by atoms with van der Waals surface area (Å²) >= 11 is 0. The summed E-state index contributed by atoms with van der Waals surface area (Å²) in [7, 11) is 2.59. The van der Waals surface area contributed by atoms with Gasteiger partial charge in [0.05, 0.1) is 12.8 Å². The third-order valence-corrected chi connectivity index (χ3v) is 1.85. The number of carbonyl (C=O) groups is 1. The summed E-state index contributed by atoms with van der Waals surface area (Å²) < 4.78 is 42.4. The maximum Gasteiger partial charge on any atom is 0.455 e. The minimum Gasteiger partial charge on any atom is -0.481 e. The van der Waals surface area contributed by atoms with Crippen LogP contribution in [0.3, 0.4) is 0 Å². The van der Waals surface area contributed by atoms with Gasteiger partial charge in [0, 0.05) is 7.05 Å². The van der Waals surface area contributed by atoms with Crippen LogP contribution >= 0.6 is 0 Å². The van der Waals surface area contributed by atoms with E-state index in [2.05, 4.69) is 5.10 Å². The van der Waals surface area contributed by atoms with Crippen molar-refractivity contribution in [1.29, 1.82) is 0 Å². The molecule has 0 aliphatic heterocycles. The maximum absolute atomic E-state index is 12.2. The Morgan fingerprint density at radius 1 is 1.47 bits per heavy atom. The van der Waals surface area contributed by atoms with Crippen LogP contribution in [0.15, 0.2) is 0 Å². The lowest BCUT2D eigenvalue weighted by Gasteiger charge is -2.06. The molecule has 0 aliphatic carbocycles. The predicted molar refractivity (Wildman–Crippen MR) is 44.9 cm³/mol. The molecule has 0 atom stereocenters. The Kier molecular flexibility index (Phi) is 2.74. The molecule has 0 fully saturated rings. The van der Waals surface area contributed by atoms with Crippen LogP contribution in [0.4, 0.5) is 13.2 Å². The van der Waals surface area contributed by atoms with E-state index in [4.69, 9.17) is 4.74 Å². The number of alkyl halides is 3. The second-order valence-electron chi connectivity index (χ2n) is 2.92. The smallest absolute Gasteiger partial charge is 0.455 e. The van der Waals surface area contributed by atoms with Gasteiger partial charge in [0.15, 0.2) is 0 Å². The maximum atomic E-state index is 12.2. The molecule has 0 spiro atoms. The van der Waals surface area contributed by atoms with Crippen LogP contribution in [0.2, 0.25) is 0 Å². The summed E-state index contributed by atoms with van der Waals surface area (Å²) in [5, 5.41) is 3.69. The van der Waals surface area contributed by atoms with Gasteiger partial charge >= 0.3 is 6.18 Å². The standard InChI is InChI=1S/C8H9F3N2O2/c1-4-5(6(14)8(9,10)11)7(15-3)13(2)12-4/h1-3H3. The molecule has 1 heterocycles. The lowest BCUT2D eigenvalue weighted by Crippen LogP contribution is -2.23. The fourth-order valence-electron chi connectivity index (χ4n) is 1.27. The highest BCUT2D eigenvalue weighted by Gasteiger charge is 2.43. The molecule has 7 heteroatoms. The largest absolute Gasteiger partial charge is 0.481 e. The Morgan fingerprint density at radius 2 is 2.00 bits per heavy atom. The Hall–Kier alpha value is -1.53. The molecule has 1 aromatic rings. The first-order chi connectivity index (χ1) is 6.79. The quantitative estimate of drug-likeness (QED) is 0.712. The summed E-state index contributed by atoms with van der Waals surface area (Å²) in [6, 6.07) is 0. The first-order valence-corrected chi connectivity index (χ1v) is 3.98. The Labute approximate surface area is 83.6 Å². The van der Waals surface area contributed by atoms with Crippen molar-refractivity contribution < 1.29 is 22.7 Å². The van der Waals surface area contributed by atoms with Crippen molar-refractivity contribution in [2.24, 2.45) is 7.05 Å². The Balaban J connectivity index is 3.31. The summed E-state index contributed by atoms with van der Waals surface area (Å²) in [5.41, 5.74) is -0.538. The summed E-state index contributed by atoms with van der Waals surface area (Å²) in [6.07, 6.45) is -4.92. The SMILES string of the molecule is COc1c(C(=O)C(F)(F)F)c(C)nn1C. The van der Waals surface area contributed by atoms with Crippen LogP contribution < -0.4 is 4.74 Å². The lowest BCUT2D eigenvalue weighted by molar-refractivity contribution is -0.0887. The van der Waals surface area contributed by atoms with Crippen LogP contribution in [-0.4, -0.2) is 28.8 Å². The molecule has 0 N–H and O–H groups in total. The molecule has 0 saturated carbocycles. The van der Waals surface area contributed by atoms with E-state index in [0.717, 1.165) is 4.68 Å². The van der Waals surface area contributed by atoms with Gasteiger partial charge in [-0.2, -0.15) is 18.3 Å². The van der Waals surface area contributed by atoms with Crippen molar-refractivity contribution in [2.75, 3.05) is 7.11 Å². The Morgan fingerprint density at radius 3 is 2.40 bits per heavy atom. The van der Waals surface area contributed by atoms with Gasteiger partial charge in [-0.25, -0.2) is 4.68 Å². The fourth-order valence-corrected chi connectivity index (χ4v) is 1.27. The normalized spacial score (nSPS) is 11.6. The van der Waals surface area contributed by atoms with Crippen molar-refractivity contribution in [3.63, 3.8) is 0 Å². The van der Waals surface area contributed by atoms with Crippen molar-refractivity contribution >= 4 is 5.78 Å². The van der Waals surface area contributed by atoms with E-state index in [0.29, 0.717) is 0 Å². The molecule has 4 nitrogen and oxygen atoms in total. The van der Waals surface area contributed by atoms with E-state index in [1.54, 1.807) is 0 Å². The van der Waals surface area contributed by atoms with Gasteiger partial charge in [0.1, 0.15) is 5.56 Å². The van der Waals surface area contributed by atoms with Gasteiger partial charge in [-0.3, -0.25) is 4.79 Å². The molecule has 0 amide bonds. The van der Waals surface area contributed by atoms with E-state index in [9.17, 15) is 18.0 Å². The second-order valence-corrected chi connectivity index (χ2v) is 2.92. The molecule has 84 valence electrons. The van der Waals surface area contributed by atoms with E-state index in [1.165, 1.54) is 21.1 Å². The second kappa shape index (κ2) is 3.56. The van der Waals surface area contributed by atoms with Gasteiger partial charge in [-0.15, -0.1) is 0 Å². The predicted octanol–water partition coefficient (Wildman–Crippen LogP) is 1.48. The molecular weight excluding hydrogens is 213 g/mol. The molecule has 1 aromatic heterocycles. The molecule has 0 aromatic carbocycles. The van der Waals surface area contributed by atoms with Gasteiger partial charge in [0.2, 0.25) is 5.88 Å². The molecular formula is C8H9F3N2O2. The van der Waals surface area contributed by atoms with Crippen molar-refractivity contribution in [1.82, 2.24) is 9.78 Å². The van der Waals surface area contributed by atoms with Crippen LogP contribution in [0.1, 0.15) is 16.1 Å². The molecule has 0 saturated heterocycles. The zero-order valence-electron chi connectivity index (χ0n) is 8.34. The number of ketones is 1. The number of hydrogen-bond acceptors (Lipinski definition) is 3. The molecule has 0 radical (unpaired) electrons. The van der Waals surface area contributed by atoms with Crippen LogP contribution in [0, 0.1) is 6.92 Å². The topological polar surface area (TPSA) is 44.1 Å². The number of aromatic nitrogens is 2. The van der Waals surface area contributed by atoms with Crippen LogP contribution in [0.25, 0.3) is 0 Å². The van der Waals surface area contributed by atoms with E-state index in [1.807, 2.05) is 0 Å². The van der Waals surface area contributed by atoms with Gasteiger partial charge < -0.3 is 4.74 Å². The number of hydrogen-bond donors (Lipinski definition) is 0. The number of Topliss-reactive ketones (excluding diaryl/α,β-unsaturated/α-hetero) is 1. The van der Waals surface area contributed by atoms with E-state index < -0.39 is 17.5 Å². The van der Waals surface area contributed by atoms with Crippen LogP contribution in [0.5, 0.6) is 5.88 Å². The molecule has 15 heavy (non-hydrogen) atoms. The third kappa shape index (κ3) is 1.95. The highest BCUT2D eigenvalue weighted by atomic mass is 19.4. The average Bonchev–Trinajstić information content (AvgIpc) is 2.37. The summed E-state index contributed by atoms with van der Waals surface area (Å²) in [5.74, 6) is -2.13. The summed E-state index contributed by atoms with van der Waals surface area (Å²) in [6.45, 7) is 1.32. The van der Waals surface area contributed by atoms with Gasteiger partial charge in [-0.1, -0.05) is 0 Å². The lowest BCUT2D eigenvalue weighted by atomic mass is 10.1. The first kappa shape index (κ1) is 11.5. The highest BCUT2D eigenvalue weighted by Crippen LogP contribution is 2.29. The van der Waals surface area contributed by atoms with Gasteiger partial charge in [-0.05, 0) is 6.92 Å². The van der Waals surface area contributed by atoms with Gasteiger partial charge in [0.25, 0.3) is 5.78 Å². The molecule has 0 unspecified atom stereocenters. The van der Waals surface area contributed by atoms with Crippen molar-refractivity contribution in [3.05, 3.63) is 11.3 Å².